The first-order chi connectivity index (χ1) is 20.6. The molecule has 2 amide bonds. The van der Waals surface area contributed by atoms with E-state index in [0.29, 0.717) is 29.1 Å². The van der Waals surface area contributed by atoms with E-state index >= 15 is 0 Å². The van der Waals surface area contributed by atoms with Gasteiger partial charge in [0.1, 0.15) is 24.1 Å². The van der Waals surface area contributed by atoms with E-state index < -0.39 is 6.10 Å². The van der Waals surface area contributed by atoms with Crippen LogP contribution in [0.4, 0.5) is 5.69 Å². The minimum absolute atomic E-state index is 0.0289. The molecule has 212 valence electrons. The number of nitrogens with one attached hydrogen (secondary N) is 2. The number of hydrogen-bond donors (Lipinski definition) is 2. The van der Waals surface area contributed by atoms with Crippen molar-refractivity contribution in [3.8, 4) is 11.1 Å². The first-order valence-corrected chi connectivity index (χ1v) is 14.9. The quantitative estimate of drug-likeness (QED) is 0.345. The Labute approximate surface area is 249 Å². The number of rotatable bonds is 6. The van der Waals surface area contributed by atoms with Crippen LogP contribution in [0.5, 0.6) is 0 Å². The zero-order valence-electron chi connectivity index (χ0n) is 23.5. The van der Waals surface area contributed by atoms with Gasteiger partial charge in [-0.05, 0) is 47.5 Å². The normalized spacial score (nSPS) is 21.1. The van der Waals surface area contributed by atoms with E-state index in [1.54, 1.807) is 38.5 Å². The van der Waals surface area contributed by atoms with Gasteiger partial charge in [0.2, 0.25) is 0 Å². The van der Waals surface area contributed by atoms with Crippen LogP contribution in [0, 0.1) is 0 Å². The predicted octanol–water partition coefficient (Wildman–Crippen LogP) is 6.08. The van der Waals surface area contributed by atoms with Gasteiger partial charge in [-0.3, -0.25) is 4.79 Å². The number of fused-ring (bicyclic) bond motifs is 3. The lowest BCUT2D eigenvalue weighted by atomic mass is 9.95. The summed E-state index contributed by atoms with van der Waals surface area (Å²) in [5.41, 5.74) is 6.32. The highest BCUT2D eigenvalue weighted by Gasteiger charge is 2.51. The molecule has 1 aliphatic carbocycles. The Bertz CT molecular complexity index is 1640. The van der Waals surface area contributed by atoms with Crippen LogP contribution >= 0.6 is 11.8 Å². The van der Waals surface area contributed by atoms with E-state index in [0.717, 1.165) is 39.6 Å². The minimum atomic E-state index is -0.427. The summed E-state index contributed by atoms with van der Waals surface area (Å²) in [6, 6.07) is 24.6. The number of methoxy groups -OCH3 is 2. The van der Waals surface area contributed by atoms with Gasteiger partial charge in [-0.15, -0.1) is 11.8 Å². The molecule has 2 N–H and O–H groups in total. The number of anilines is 1. The van der Waals surface area contributed by atoms with Crippen LogP contribution in [0.15, 0.2) is 126 Å². The number of carbonyl (C=O) groups is 2. The van der Waals surface area contributed by atoms with E-state index in [-0.39, 0.29) is 16.3 Å². The summed E-state index contributed by atoms with van der Waals surface area (Å²) in [4.78, 5) is 27.8. The molecule has 1 saturated heterocycles. The molecular weight excluding hydrogens is 546 g/mol. The Morgan fingerprint density at radius 1 is 0.929 bits per heavy atom. The van der Waals surface area contributed by atoms with E-state index in [1.165, 1.54) is 0 Å². The molecule has 3 aromatic carbocycles. The van der Waals surface area contributed by atoms with Gasteiger partial charge in [0, 0.05) is 36.4 Å². The Balaban J connectivity index is 1.30. The number of hydrogen-bond acceptors (Lipinski definition) is 6. The summed E-state index contributed by atoms with van der Waals surface area (Å²) in [5.74, 6) is 2.01. The zero-order chi connectivity index (χ0) is 29.1. The molecule has 2 atom stereocenters. The Kier molecular flexibility index (Phi) is 7.84. The van der Waals surface area contributed by atoms with Crippen molar-refractivity contribution >= 4 is 29.3 Å². The van der Waals surface area contributed by atoms with Crippen LogP contribution in [-0.2, 0) is 9.47 Å². The predicted molar refractivity (Wildman–Crippen MR) is 166 cm³/mol. The topological polar surface area (TPSA) is 76.7 Å². The van der Waals surface area contributed by atoms with Gasteiger partial charge in [-0.1, -0.05) is 48.5 Å². The van der Waals surface area contributed by atoms with Gasteiger partial charge in [-0.25, -0.2) is 4.79 Å². The fourth-order valence-electron chi connectivity index (χ4n) is 5.84. The van der Waals surface area contributed by atoms with Crippen molar-refractivity contribution < 1.29 is 23.5 Å². The third-order valence-corrected chi connectivity index (χ3v) is 8.89. The van der Waals surface area contributed by atoms with Gasteiger partial charge in [-0.2, -0.15) is 4.48 Å². The number of allylic oxidation sites excluding steroid dienone is 2. The fraction of sp³-hybridized carbons (Fsp3) is 0.176. The maximum Gasteiger partial charge on any atom is 0.355 e. The second-order valence-electron chi connectivity index (χ2n) is 10.2. The summed E-state index contributed by atoms with van der Waals surface area (Å²) in [7, 11) is 3.27. The molecule has 1 fully saturated rings. The van der Waals surface area contributed by atoms with Crippen molar-refractivity contribution in [2.24, 2.45) is 0 Å². The van der Waals surface area contributed by atoms with E-state index in [4.69, 9.17) is 9.47 Å². The molecule has 0 saturated carbocycles. The molecule has 3 aliphatic rings. The van der Waals surface area contributed by atoms with Gasteiger partial charge in [0.05, 0.1) is 30.2 Å². The van der Waals surface area contributed by atoms with Gasteiger partial charge < -0.3 is 20.1 Å². The highest BCUT2D eigenvalue weighted by molar-refractivity contribution is 7.99. The van der Waals surface area contributed by atoms with Gasteiger partial charge >= 0.3 is 5.91 Å². The highest BCUT2D eigenvalue weighted by Crippen LogP contribution is 2.43. The van der Waals surface area contributed by atoms with Crippen LogP contribution < -0.4 is 10.6 Å². The van der Waals surface area contributed by atoms with Crippen LogP contribution in [0.3, 0.4) is 0 Å². The average molecular weight is 579 g/mol. The third kappa shape index (κ3) is 4.87. The third-order valence-electron chi connectivity index (χ3n) is 7.92. The molecule has 2 aliphatic heterocycles. The van der Waals surface area contributed by atoms with E-state index in [2.05, 4.69) is 10.6 Å². The standard InChI is InChI=1S/C34H31N3O4S/c1-40-31-17-16-30-29(32(31)41-2)21-35-20-26-22-42-19-18-37(26,30)34(39)24-12-14-25(15-13-24)36-33(38)28-11-7-6-10-27(28)23-8-4-3-5-9-23/h3-17,20-21,32,35H,18-19,22H2,1-2H3/p+1. The smallest absolute Gasteiger partial charge is 0.355 e. The maximum absolute atomic E-state index is 14.5. The molecule has 0 bridgehead atoms. The second-order valence-corrected chi connectivity index (χ2v) is 11.3. The van der Waals surface area contributed by atoms with Gasteiger partial charge in [0.15, 0.2) is 5.70 Å². The van der Waals surface area contributed by atoms with Gasteiger partial charge in [0.25, 0.3) is 5.91 Å². The average Bonchev–Trinajstić information content (AvgIpc) is 3.22. The SMILES string of the molecule is COC1=CC=C2C(=CNC=C3CSCC[N+]32C(=O)c2ccc(NC(=O)c3ccccc3-c3ccccc3)cc2)C1OC. The number of ether oxygens (including phenoxy) is 2. The summed E-state index contributed by atoms with van der Waals surface area (Å²) < 4.78 is 11.5. The van der Waals surface area contributed by atoms with Crippen LogP contribution in [0.1, 0.15) is 20.7 Å². The monoisotopic (exact) mass is 578 g/mol. The number of thioether (sulfide) groups is 1. The molecular formula is C34H32N3O4S+. The number of nitrogens with zero attached hydrogens (tertiary/aromatic N) is 1. The lowest BCUT2D eigenvalue weighted by Crippen LogP contribution is -2.56. The molecule has 2 heterocycles. The lowest BCUT2D eigenvalue weighted by Gasteiger charge is -2.42. The Morgan fingerprint density at radius 3 is 2.45 bits per heavy atom. The van der Waals surface area contributed by atoms with E-state index in [1.807, 2.05) is 90.9 Å². The number of amides is 2. The Hall–Kier alpha value is -4.37. The molecule has 2 unspecified atom stereocenters. The van der Waals surface area contributed by atoms with Crippen molar-refractivity contribution in [1.82, 2.24) is 5.32 Å². The summed E-state index contributed by atoms with van der Waals surface area (Å²) >= 11 is 1.81. The highest BCUT2D eigenvalue weighted by atomic mass is 32.2. The molecule has 6 rings (SSSR count). The van der Waals surface area contributed by atoms with Crippen molar-refractivity contribution in [2.75, 3.05) is 37.6 Å². The minimum Gasteiger partial charge on any atom is -0.498 e. The lowest BCUT2D eigenvalue weighted by molar-refractivity contribution is -0.766. The number of carbonyl (C=O) groups excluding carboxylic acids is 2. The van der Waals surface area contributed by atoms with Crippen LogP contribution in [-0.4, -0.2) is 54.7 Å². The summed E-state index contributed by atoms with van der Waals surface area (Å²) in [6.45, 7) is 0.613. The van der Waals surface area contributed by atoms with E-state index in [9.17, 15) is 9.59 Å². The Morgan fingerprint density at radius 2 is 1.69 bits per heavy atom. The number of quaternary nitrogens is 1. The van der Waals surface area contributed by atoms with Crippen molar-refractivity contribution in [1.29, 1.82) is 0 Å². The molecule has 0 aromatic heterocycles. The zero-order valence-corrected chi connectivity index (χ0v) is 24.3. The first-order valence-electron chi connectivity index (χ1n) is 13.8. The summed E-state index contributed by atoms with van der Waals surface area (Å²) in [5, 5.41) is 6.30. The fourth-order valence-corrected chi connectivity index (χ4v) is 6.90. The largest absolute Gasteiger partial charge is 0.498 e. The van der Waals surface area contributed by atoms with Crippen LogP contribution in [0.2, 0.25) is 0 Å². The molecule has 42 heavy (non-hydrogen) atoms. The van der Waals surface area contributed by atoms with Crippen molar-refractivity contribution in [3.63, 3.8) is 0 Å². The first kappa shape index (κ1) is 27.8. The molecule has 8 heteroatoms. The summed E-state index contributed by atoms with van der Waals surface area (Å²) in [6.07, 6.45) is 7.29. The molecule has 3 aromatic rings. The van der Waals surface area contributed by atoms with Crippen LogP contribution in [0.25, 0.3) is 11.1 Å². The molecule has 0 radical (unpaired) electrons. The second kappa shape index (κ2) is 11.9. The number of benzene rings is 3. The van der Waals surface area contributed by atoms with Crippen molar-refractivity contribution in [3.05, 3.63) is 137 Å². The molecule has 0 spiro atoms. The van der Waals surface area contributed by atoms with Crippen molar-refractivity contribution in [2.45, 2.75) is 6.10 Å². The maximum atomic E-state index is 14.5. The molecule has 7 nitrogen and oxygen atoms in total.